The Morgan fingerprint density at radius 3 is 2.36 bits per heavy atom. The number of amides is 2. The summed E-state index contributed by atoms with van der Waals surface area (Å²) in [6, 6.07) is 22.0. The lowest BCUT2D eigenvalue weighted by atomic mass is 10.2. The molecule has 2 amide bonds. The number of hydrogen-bond donors (Lipinski definition) is 1. The highest BCUT2D eigenvalue weighted by molar-refractivity contribution is 7.09. The van der Waals surface area contributed by atoms with Crippen LogP contribution >= 0.6 is 11.3 Å². The number of carbonyl (C=O) groups is 2. The fourth-order valence-electron chi connectivity index (χ4n) is 3.98. The molecular formula is C28H26N6O4S. The average molecular weight is 543 g/mol. The number of nitrogens with zero attached hydrogens (tertiary/aromatic N) is 5. The van der Waals surface area contributed by atoms with Crippen molar-refractivity contribution in [2.45, 2.75) is 13.1 Å². The molecule has 0 bridgehead atoms. The Morgan fingerprint density at radius 2 is 1.64 bits per heavy atom. The van der Waals surface area contributed by atoms with Crippen molar-refractivity contribution in [2.24, 2.45) is 0 Å². The summed E-state index contributed by atoms with van der Waals surface area (Å²) >= 11 is 1.43. The number of benzene rings is 3. The molecule has 198 valence electrons. The fraction of sp³-hybridized carbons (Fsp3) is 0.179. The molecule has 2 heterocycles. The first-order valence-corrected chi connectivity index (χ1v) is 13.0. The Balaban J connectivity index is 1.34. The van der Waals surface area contributed by atoms with Gasteiger partial charge in [-0.15, -0.1) is 16.4 Å². The van der Waals surface area contributed by atoms with Crippen LogP contribution in [0.15, 0.2) is 78.2 Å². The highest BCUT2D eigenvalue weighted by Crippen LogP contribution is 2.25. The second-order valence-electron chi connectivity index (χ2n) is 8.62. The average Bonchev–Trinajstić information content (AvgIpc) is 3.60. The third-order valence-electron chi connectivity index (χ3n) is 6.03. The van der Waals surface area contributed by atoms with Crippen LogP contribution in [0.1, 0.15) is 5.01 Å². The lowest BCUT2D eigenvalue weighted by Gasteiger charge is -2.21. The first-order valence-electron chi connectivity index (χ1n) is 12.1. The summed E-state index contributed by atoms with van der Waals surface area (Å²) in [5.41, 5.74) is 3.76. The third-order valence-corrected chi connectivity index (χ3v) is 6.86. The SMILES string of the molecule is COc1ccc(NC(=O)CN(Cc2nc(-c3ccc(OC)cc3)cs2)C(=O)Cn2nnc3ccccc32)cc1. The van der Waals surface area contributed by atoms with Gasteiger partial charge in [0.05, 0.1) is 32.0 Å². The fourth-order valence-corrected chi connectivity index (χ4v) is 4.80. The van der Waals surface area contributed by atoms with E-state index < -0.39 is 0 Å². The van der Waals surface area contributed by atoms with Gasteiger partial charge in [-0.2, -0.15) is 0 Å². The van der Waals surface area contributed by atoms with Gasteiger partial charge in [0, 0.05) is 16.6 Å². The van der Waals surface area contributed by atoms with Gasteiger partial charge in [-0.3, -0.25) is 9.59 Å². The van der Waals surface area contributed by atoms with E-state index in [-0.39, 0.29) is 31.4 Å². The van der Waals surface area contributed by atoms with Crippen LogP contribution in [0, 0.1) is 0 Å². The van der Waals surface area contributed by atoms with Gasteiger partial charge < -0.3 is 19.7 Å². The van der Waals surface area contributed by atoms with E-state index in [1.54, 1.807) is 38.5 Å². The summed E-state index contributed by atoms with van der Waals surface area (Å²) in [4.78, 5) is 32.7. The van der Waals surface area contributed by atoms with Gasteiger partial charge >= 0.3 is 0 Å². The van der Waals surface area contributed by atoms with E-state index in [2.05, 4.69) is 15.6 Å². The van der Waals surface area contributed by atoms with Gasteiger partial charge in [0.2, 0.25) is 11.8 Å². The summed E-state index contributed by atoms with van der Waals surface area (Å²) in [6.07, 6.45) is 0. The third kappa shape index (κ3) is 6.21. The van der Waals surface area contributed by atoms with Crippen LogP contribution in [0.4, 0.5) is 5.69 Å². The van der Waals surface area contributed by atoms with Gasteiger partial charge in [-0.05, 0) is 60.7 Å². The van der Waals surface area contributed by atoms with Crippen molar-refractivity contribution in [1.82, 2.24) is 24.9 Å². The van der Waals surface area contributed by atoms with E-state index in [0.29, 0.717) is 22.0 Å². The molecule has 11 heteroatoms. The number of carbonyl (C=O) groups excluding carboxylic acids is 2. The molecule has 1 N–H and O–H groups in total. The Labute approximate surface area is 228 Å². The maximum Gasteiger partial charge on any atom is 0.245 e. The molecule has 5 rings (SSSR count). The molecule has 0 saturated heterocycles. The molecule has 0 fully saturated rings. The summed E-state index contributed by atoms with van der Waals surface area (Å²) in [6.45, 7) is -0.0513. The first-order chi connectivity index (χ1) is 19.0. The minimum absolute atomic E-state index is 0.0625. The smallest absolute Gasteiger partial charge is 0.245 e. The number of methoxy groups -OCH3 is 2. The van der Waals surface area contributed by atoms with E-state index in [4.69, 9.17) is 14.5 Å². The van der Waals surface area contributed by atoms with Gasteiger partial charge in [-0.25, -0.2) is 9.67 Å². The number of anilines is 1. The number of ether oxygens (including phenoxy) is 2. The van der Waals surface area contributed by atoms with Crippen LogP contribution in [0.3, 0.4) is 0 Å². The van der Waals surface area contributed by atoms with Gasteiger partial charge in [0.15, 0.2) is 0 Å². The minimum Gasteiger partial charge on any atom is -0.497 e. The van der Waals surface area contributed by atoms with Crippen LogP contribution in [-0.2, 0) is 22.7 Å². The number of fused-ring (bicyclic) bond motifs is 1. The van der Waals surface area contributed by atoms with Crippen LogP contribution in [0.25, 0.3) is 22.3 Å². The van der Waals surface area contributed by atoms with Crippen molar-refractivity contribution >= 4 is 39.9 Å². The molecule has 0 saturated carbocycles. The quantitative estimate of drug-likeness (QED) is 0.281. The number of thiazole rings is 1. The van der Waals surface area contributed by atoms with Crippen molar-refractivity contribution < 1.29 is 19.1 Å². The molecule has 0 atom stereocenters. The van der Waals surface area contributed by atoms with Crippen LogP contribution in [0.2, 0.25) is 0 Å². The van der Waals surface area contributed by atoms with E-state index in [1.165, 1.54) is 20.9 Å². The number of para-hydroxylation sites is 1. The van der Waals surface area contributed by atoms with E-state index in [9.17, 15) is 9.59 Å². The number of hydrogen-bond acceptors (Lipinski definition) is 8. The van der Waals surface area contributed by atoms with Crippen molar-refractivity contribution in [3.63, 3.8) is 0 Å². The zero-order valence-electron chi connectivity index (χ0n) is 21.4. The second kappa shape index (κ2) is 11.7. The van der Waals surface area contributed by atoms with Gasteiger partial charge in [-0.1, -0.05) is 17.3 Å². The topological polar surface area (TPSA) is 111 Å². The maximum atomic E-state index is 13.5. The Hall–Kier alpha value is -4.77. The van der Waals surface area contributed by atoms with Gasteiger partial charge in [0.25, 0.3) is 0 Å². The zero-order valence-corrected chi connectivity index (χ0v) is 22.2. The van der Waals surface area contributed by atoms with Gasteiger partial charge in [0.1, 0.15) is 35.1 Å². The molecular weight excluding hydrogens is 516 g/mol. The largest absolute Gasteiger partial charge is 0.497 e. The van der Waals surface area contributed by atoms with Crippen molar-refractivity contribution in [3.05, 3.63) is 83.2 Å². The molecule has 10 nitrogen and oxygen atoms in total. The first kappa shape index (κ1) is 25.9. The number of aromatic nitrogens is 4. The van der Waals surface area contributed by atoms with Crippen molar-refractivity contribution in [3.8, 4) is 22.8 Å². The number of nitrogens with one attached hydrogen (secondary N) is 1. The Morgan fingerprint density at radius 1 is 0.949 bits per heavy atom. The Kier molecular flexibility index (Phi) is 7.78. The lowest BCUT2D eigenvalue weighted by Crippen LogP contribution is -2.39. The molecule has 0 aliphatic carbocycles. The maximum absolute atomic E-state index is 13.5. The van der Waals surface area contributed by atoms with E-state index >= 15 is 0 Å². The van der Waals surface area contributed by atoms with Crippen molar-refractivity contribution in [1.29, 1.82) is 0 Å². The highest BCUT2D eigenvalue weighted by atomic mass is 32.1. The molecule has 0 unspecified atom stereocenters. The molecule has 0 radical (unpaired) electrons. The van der Waals surface area contributed by atoms with Crippen LogP contribution in [0.5, 0.6) is 11.5 Å². The zero-order chi connectivity index (χ0) is 27.2. The summed E-state index contributed by atoms with van der Waals surface area (Å²) in [5, 5.41) is 13.7. The van der Waals surface area contributed by atoms with E-state index in [1.807, 2.05) is 53.9 Å². The van der Waals surface area contributed by atoms with E-state index in [0.717, 1.165) is 22.5 Å². The Bertz CT molecular complexity index is 1580. The number of rotatable bonds is 10. The minimum atomic E-state index is -0.330. The highest BCUT2D eigenvalue weighted by Gasteiger charge is 2.21. The molecule has 0 aliphatic heterocycles. The summed E-state index contributed by atoms with van der Waals surface area (Å²) in [7, 11) is 3.20. The molecule has 0 aliphatic rings. The van der Waals surface area contributed by atoms with Crippen molar-refractivity contribution in [2.75, 3.05) is 26.1 Å². The van der Waals surface area contributed by atoms with Crippen LogP contribution in [-0.4, -0.2) is 57.5 Å². The lowest BCUT2D eigenvalue weighted by molar-refractivity contribution is -0.136. The summed E-state index contributed by atoms with van der Waals surface area (Å²) in [5.74, 6) is 0.830. The molecule has 39 heavy (non-hydrogen) atoms. The molecule has 5 aromatic rings. The predicted octanol–water partition coefficient (Wildman–Crippen LogP) is 4.24. The molecule has 3 aromatic carbocycles. The second-order valence-corrected chi connectivity index (χ2v) is 9.56. The summed E-state index contributed by atoms with van der Waals surface area (Å²) < 4.78 is 11.9. The predicted molar refractivity (Wildman–Crippen MR) is 149 cm³/mol. The monoisotopic (exact) mass is 542 g/mol. The molecule has 0 spiro atoms. The van der Waals surface area contributed by atoms with Crippen LogP contribution < -0.4 is 14.8 Å². The normalized spacial score (nSPS) is 10.8. The molecule has 2 aromatic heterocycles. The standard InChI is InChI=1S/C28H26N6O4S/c1-37-21-11-7-19(8-12-21)24-18-39-27(30-24)16-33(15-26(35)29-20-9-13-22(38-2)14-10-20)28(36)17-34-25-6-4-3-5-23(25)31-32-34/h3-14,18H,15-17H2,1-2H3,(H,29,35).